The van der Waals surface area contributed by atoms with Gasteiger partial charge in [0.2, 0.25) is 15.9 Å². The highest BCUT2D eigenvalue weighted by atomic mass is 32.2. The fourth-order valence-electron chi connectivity index (χ4n) is 3.31. The van der Waals surface area contributed by atoms with E-state index in [0.29, 0.717) is 18.4 Å². The van der Waals surface area contributed by atoms with E-state index < -0.39 is 10.0 Å². The third-order valence-electron chi connectivity index (χ3n) is 5.08. The number of hydrogen-bond donors (Lipinski definition) is 2. The molecule has 0 aromatic heterocycles. The average molecular weight is 365 g/mol. The van der Waals surface area contributed by atoms with Crippen molar-refractivity contribution >= 4 is 15.9 Å². The second-order valence-corrected chi connectivity index (χ2v) is 8.76. The lowest BCUT2D eigenvalue weighted by atomic mass is 10.1. The van der Waals surface area contributed by atoms with Crippen LogP contribution in [0.5, 0.6) is 0 Å². The van der Waals surface area contributed by atoms with Crippen molar-refractivity contribution in [3.8, 4) is 0 Å². The highest BCUT2D eigenvalue weighted by Gasteiger charge is 2.28. The Labute approximate surface area is 149 Å². The molecule has 0 spiro atoms. The van der Waals surface area contributed by atoms with Crippen LogP contribution in [0.1, 0.15) is 37.7 Å². The molecule has 1 aliphatic carbocycles. The SMILES string of the molecule is NS(=O)(=O)c1ccc(CCNC2CCC(=O)N(CC3CC3)CC2)cc1. The van der Waals surface area contributed by atoms with Crippen molar-refractivity contribution in [2.75, 3.05) is 19.6 Å². The molecule has 1 saturated heterocycles. The second kappa shape index (κ2) is 7.85. The molecule has 1 heterocycles. The quantitative estimate of drug-likeness (QED) is 0.761. The lowest BCUT2D eigenvalue weighted by molar-refractivity contribution is -0.130. The van der Waals surface area contributed by atoms with E-state index in [1.807, 2.05) is 4.90 Å². The number of likely N-dealkylation sites (tertiary alicyclic amines) is 1. The normalized spacial score (nSPS) is 22.0. The summed E-state index contributed by atoms with van der Waals surface area (Å²) in [6.07, 6.45) is 5.90. The summed E-state index contributed by atoms with van der Waals surface area (Å²) < 4.78 is 22.5. The van der Waals surface area contributed by atoms with E-state index in [9.17, 15) is 13.2 Å². The molecule has 0 radical (unpaired) electrons. The van der Waals surface area contributed by atoms with Gasteiger partial charge in [-0.05, 0) is 62.3 Å². The second-order valence-electron chi connectivity index (χ2n) is 7.20. The first-order valence-electron chi connectivity index (χ1n) is 9.05. The minimum absolute atomic E-state index is 0.141. The van der Waals surface area contributed by atoms with Crippen LogP contribution in [-0.2, 0) is 21.2 Å². The topological polar surface area (TPSA) is 92.5 Å². The predicted molar refractivity (Wildman–Crippen MR) is 96.5 cm³/mol. The van der Waals surface area contributed by atoms with Crippen LogP contribution < -0.4 is 10.5 Å². The van der Waals surface area contributed by atoms with Gasteiger partial charge in [-0.25, -0.2) is 13.6 Å². The molecule has 1 aromatic carbocycles. The zero-order valence-electron chi connectivity index (χ0n) is 14.5. The molecule has 1 saturated carbocycles. The Hall–Kier alpha value is -1.44. The van der Waals surface area contributed by atoms with Gasteiger partial charge in [0, 0.05) is 25.6 Å². The number of amides is 1. The van der Waals surface area contributed by atoms with Crippen LogP contribution in [0.4, 0.5) is 0 Å². The van der Waals surface area contributed by atoms with Crippen molar-refractivity contribution in [2.45, 2.75) is 49.5 Å². The highest BCUT2D eigenvalue weighted by Crippen LogP contribution is 2.30. The number of carbonyl (C=O) groups is 1. The summed E-state index contributed by atoms with van der Waals surface area (Å²) >= 11 is 0. The molecule has 1 aromatic rings. The van der Waals surface area contributed by atoms with Gasteiger partial charge in [-0.1, -0.05) is 12.1 Å². The van der Waals surface area contributed by atoms with Gasteiger partial charge < -0.3 is 10.2 Å². The van der Waals surface area contributed by atoms with Crippen molar-refractivity contribution in [2.24, 2.45) is 11.1 Å². The van der Waals surface area contributed by atoms with Crippen molar-refractivity contribution in [3.05, 3.63) is 29.8 Å². The predicted octanol–water partition coefficient (Wildman–Crippen LogP) is 1.26. The smallest absolute Gasteiger partial charge is 0.238 e. The number of nitrogens with two attached hydrogens (primary N) is 1. The summed E-state index contributed by atoms with van der Waals surface area (Å²) in [5.74, 6) is 1.04. The summed E-state index contributed by atoms with van der Waals surface area (Å²) in [5, 5.41) is 8.65. The van der Waals surface area contributed by atoms with E-state index >= 15 is 0 Å². The largest absolute Gasteiger partial charge is 0.342 e. The molecule has 6 nitrogen and oxygen atoms in total. The summed E-state index contributed by atoms with van der Waals surface area (Å²) in [5.41, 5.74) is 1.07. The summed E-state index contributed by atoms with van der Waals surface area (Å²) in [7, 11) is -3.63. The number of nitrogens with zero attached hydrogens (tertiary/aromatic N) is 1. The molecule has 1 amide bonds. The molecule has 1 atom stereocenters. The molecule has 1 aliphatic heterocycles. The standard InChI is InChI=1S/C18H27N3O3S/c19-25(23,24)17-6-3-14(4-7-17)9-11-20-16-5-8-18(22)21(12-10-16)13-15-1-2-15/h3-4,6-7,15-16,20H,1-2,5,8-13H2,(H2,19,23,24). The number of hydrogen-bond acceptors (Lipinski definition) is 4. The molecule has 7 heteroatoms. The Kier molecular flexibility index (Phi) is 5.76. The summed E-state index contributed by atoms with van der Waals surface area (Å²) in [4.78, 5) is 14.4. The van der Waals surface area contributed by atoms with Crippen LogP contribution in [0.15, 0.2) is 29.2 Å². The van der Waals surface area contributed by atoms with Crippen LogP contribution >= 0.6 is 0 Å². The number of benzene rings is 1. The van der Waals surface area contributed by atoms with Crippen LogP contribution in [-0.4, -0.2) is 44.9 Å². The van der Waals surface area contributed by atoms with Crippen LogP contribution in [0.3, 0.4) is 0 Å². The number of rotatable bonds is 7. The molecule has 3 N–H and O–H groups in total. The number of primary sulfonamides is 1. The van der Waals surface area contributed by atoms with Crippen molar-refractivity contribution in [1.82, 2.24) is 10.2 Å². The van der Waals surface area contributed by atoms with Gasteiger partial charge >= 0.3 is 0 Å². The van der Waals surface area contributed by atoms with E-state index in [2.05, 4.69) is 5.32 Å². The zero-order chi connectivity index (χ0) is 17.9. The fraction of sp³-hybridized carbons (Fsp3) is 0.611. The molecule has 3 rings (SSSR count). The van der Waals surface area contributed by atoms with Crippen molar-refractivity contribution in [1.29, 1.82) is 0 Å². The van der Waals surface area contributed by atoms with Gasteiger partial charge in [0.15, 0.2) is 0 Å². The van der Waals surface area contributed by atoms with E-state index in [1.54, 1.807) is 24.3 Å². The first-order chi connectivity index (χ1) is 11.9. The fourth-order valence-corrected chi connectivity index (χ4v) is 3.83. The lowest BCUT2D eigenvalue weighted by Crippen LogP contribution is -2.34. The van der Waals surface area contributed by atoms with Crippen LogP contribution in [0.25, 0.3) is 0 Å². The monoisotopic (exact) mass is 365 g/mol. The third-order valence-corrected chi connectivity index (χ3v) is 6.01. The van der Waals surface area contributed by atoms with Crippen LogP contribution in [0, 0.1) is 5.92 Å². The van der Waals surface area contributed by atoms with Crippen molar-refractivity contribution in [3.63, 3.8) is 0 Å². The van der Waals surface area contributed by atoms with E-state index in [0.717, 1.165) is 50.4 Å². The molecule has 1 unspecified atom stereocenters. The Morgan fingerprint density at radius 3 is 2.48 bits per heavy atom. The van der Waals surface area contributed by atoms with Gasteiger partial charge in [0.05, 0.1) is 4.90 Å². The third kappa shape index (κ3) is 5.52. The van der Waals surface area contributed by atoms with Gasteiger partial charge in [-0.2, -0.15) is 0 Å². The van der Waals surface area contributed by atoms with Gasteiger partial charge in [-0.15, -0.1) is 0 Å². The zero-order valence-corrected chi connectivity index (χ0v) is 15.3. The molecule has 138 valence electrons. The molecular formula is C18H27N3O3S. The molecular weight excluding hydrogens is 338 g/mol. The molecule has 0 bridgehead atoms. The van der Waals surface area contributed by atoms with E-state index in [4.69, 9.17) is 5.14 Å². The molecule has 25 heavy (non-hydrogen) atoms. The first kappa shape index (κ1) is 18.4. The Morgan fingerprint density at radius 1 is 1.12 bits per heavy atom. The van der Waals surface area contributed by atoms with Gasteiger partial charge in [0.25, 0.3) is 0 Å². The van der Waals surface area contributed by atoms with E-state index in [1.165, 1.54) is 12.8 Å². The maximum absolute atomic E-state index is 12.2. The maximum atomic E-state index is 12.2. The maximum Gasteiger partial charge on any atom is 0.238 e. The van der Waals surface area contributed by atoms with Gasteiger partial charge in [0.1, 0.15) is 0 Å². The number of sulfonamides is 1. The minimum atomic E-state index is -3.63. The highest BCUT2D eigenvalue weighted by molar-refractivity contribution is 7.89. The number of nitrogens with one attached hydrogen (secondary N) is 1. The Balaban J connectivity index is 1.43. The van der Waals surface area contributed by atoms with E-state index in [-0.39, 0.29) is 4.90 Å². The van der Waals surface area contributed by atoms with Crippen LogP contribution in [0.2, 0.25) is 0 Å². The summed E-state index contributed by atoms with van der Waals surface area (Å²) in [6, 6.07) is 7.07. The average Bonchev–Trinajstić information content (AvgIpc) is 3.39. The summed E-state index contributed by atoms with van der Waals surface area (Å²) in [6.45, 7) is 2.62. The Bertz CT molecular complexity index is 699. The van der Waals surface area contributed by atoms with Gasteiger partial charge in [-0.3, -0.25) is 4.79 Å². The lowest BCUT2D eigenvalue weighted by Gasteiger charge is -2.21. The number of carbonyl (C=O) groups excluding carboxylic acids is 1. The van der Waals surface area contributed by atoms with Crippen molar-refractivity contribution < 1.29 is 13.2 Å². The molecule has 2 fully saturated rings. The molecule has 2 aliphatic rings. The minimum Gasteiger partial charge on any atom is -0.342 e. The Morgan fingerprint density at radius 2 is 1.84 bits per heavy atom. The first-order valence-corrected chi connectivity index (χ1v) is 10.6.